The second kappa shape index (κ2) is 6.97. The minimum absolute atomic E-state index is 0.491. The summed E-state index contributed by atoms with van der Waals surface area (Å²) in [5.74, 6) is 0. The molecule has 0 fully saturated rings. The van der Waals surface area contributed by atoms with Crippen LogP contribution in [-0.4, -0.2) is 27.8 Å². The maximum absolute atomic E-state index is 4.45. The Balaban J connectivity index is 2.47. The topological polar surface area (TPSA) is 37.8 Å². The fourth-order valence-electron chi connectivity index (χ4n) is 1.48. The molecule has 2 atom stereocenters. The molecule has 1 N–H and O–H groups in total. The molecule has 1 aromatic heterocycles. The van der Waals surface area contributed by atoms with E-state index >= 15 is 0 Å². The molecular weight excluding hydrogens is 230 g/mol. The van der Waals surface area contributed by atoms with Crippen molar-refractivity contribution in [3.8, 4) is 0 Å². The first-order chi connectivity index (χ1) is 8.01. The molecule has 96 valence electrons. The van der Waals surface area contributed by atoms with E-state index in [0.29, 0.717) is 11.3 Å². The Hall–Kier alpha value is -0.610. The first kappa shape index (κ1) is 14.5. The Morgan fingerprint density at radius 1 is 1.24 bits per heavy atom. The van der Waals surface area contributed by atoms with Crippen molar-refractivity contribution in [3.63, 3.8) is 0 Å². The summed E-state index contributed by atoms with van der Waals surface area (Å²) >= 11 is 1.74. The molecule has 17 heavy (non-hydrogen) atoms. The average molecular weight is 253 g/mol. The second-order valence-corrected chi connectivity index (χ2v) is 5.98. The largest absolute Gasteiger partial charge is 0.313 e. The highest BCUT2D eigenvalue weighted by Crippen LogP contribution is 2.19. The van der Waals surface area contributed by atoms with E-state index in [4.69, 9.17) is 0 Å². The number of hydrogen-bond acceptors (Lipinski definition) is 4. The van der Waals surface area contributed by atoms with Gasteiger partial charge in [0.1, 0.15) is 0 Å². The zero-order valence-electron chi connectivity index (χ0n) is 11.4. The van der Waals surface area contributed by atoms with Gasteiger partial charge in [0.15, 0.2) is 5.16 Å². The molecule has 0 aliphatic heterocycles. The first-order valence-corrected chi connectivity index (χ1v) is 7.11. The molecule has 0 bridgehead atoms. The van der Waals surface area contributed by atoms with Crippen LogP contribution in [0.15, 0.2) is 11.2 Å². The Kier molecular flexibility index (Phi) is 5.92. The van der Waals surface area contributed by atoms with Crippen molar-refractivity contribution in [2.24, 2.45) is 0 Å². The van der Waals surface area contributed by atoms with Crippen molar-refractivity contribution in [3.05, 3.63) is 17.5 Å². The lowest BCUT2D eigenvalue weighted by Gasteiger charge is -2.15. The van der Waals surface area contributed by atoms with Gasteiger partial charge in [0.05, 0.1) is 0 Å². The fourth-order valence-corrected chi connectivity index (χ4v) is 2.41. The lowest BCUT2D eigenvalue weighted by atomic mass is 10.2. The summed E-state index contributed by atoms with van der Waals surface area (Å²) in [5.41, 5.74) is 2.09. The summed E-state index contributed by atoms with van der Waals surface area (Å²) in [4.78, 5) is 8.89. The molecule has 0 aliphatic rings. The SMILES string of the molecule is CCC(C)NCC(C)Sc1nc(C)cc(C)n1. The third-order valence-corrected chi connectivity index (χ3v) is 3.60. The summed E-state index contributed by atoms with van der Waals surface area (Å²) in [6, 6.07) is 2.59. The average Bonchev–Trinajstić information content (AvgIpc) is 2.24. The van der Waals surface area contributed by atoms with Crippen LogP contribution in [0.1, 0.15) is 38.6 Å². The predicted octanol–water partition coefficient (Wildman–Crippen LogP) is 2.96. The predicted molar refractivity (Wildman–Crippen MR) is 74.6 cm³/mol. The third kappa shape index (κ3) is 5.50. The highest BCUT2D eigenvalue weighted by molar-refractivity contribution is 7.99. The first-order valence-electron chi connectivity index (χ1n) is 6.23. The van der Waals surface area contributed by atoms with E-state index in [1.54, 1.807) is 11.8 Å². The molecule has 0 aliphatic carbocycles. The molecule has 4 heteroatoms. The van der Waals surface area contributed by atoms with E-state index in [1.807, 2.05) is 19.9 Å². The van der Waals surface area contributed by atoms with E-state index in [-0.39, 0.29) is 0 Å². The normalized spacial score (nSPS) is 14.6. The summed E-state index contributed by atoms with van der Waals surface area (Å²) in [7, 11) is 0. The van der Waals surface area contributed by atoms with Crippen LogP contribution in [0.4, 0.5) is 0 Å². The van der Waals surface area contributed by atoms with Gasteiger partial charge in [-0.15, -0.1) is 0 Å². The van der Waals surface area contributed by atoms with Crippen molar-refractivity contribution >= 4 is 11.8 Å². The van der Waals surface area contributed by atoms with Gasteiger partial charge in [0.2, 0.25) is 0 Å². The lowest BCUT2D eigenvalue weighted by Crippen LogP contribution is -2.30. The molecule has 1 rings (SSSR count). The van der Waals surface area contributed by atoms with Gasteiger partial charge in [0, 0.05) is 29.2 Å². The summed E-state index contributed by atoms with van der Waals surface area (Å²) in [6.07, 6.45) is 1.16. The van der Waals surface area contributed by atoms with Crippen LogP contribution in [0.3, 0.4) is 0 Å². The maximum Gasteiger partial charge on any atom is 0.188 e. The number of aromatic nitrogens is 2. The smallest absolute Gasteiger partial charge is 0.188 e. The van der Waals surface area contributed by atoms with E-state index in [2.05, 4.69) is 36.1 Å². The highest BCUT2D eigenvalue weighted by Gasteiger charge is 2.08. The summed E-state index contributed by atoms with van der Waals surface area (Å²) < 4.78 is 0. The van der Waals surface area contributed by atoms with Crippen molar-refractivity contribution in [1.82, 2.24) is 15.3 Å². The maximum atomic E-state index is 4.45. The Morgan fingerprint density at radius 2 is 1.82 bits per heavy atom. The molecule has 0 radical (unpaired) electrons. The van der Waals surface area contributed by atoms with E-state index < -0.39 is 0 Å². The third-order valence-electron chi connectivity index (χ3n) is 2.63. The van der Waals surface area contributed by atoms with Crippen molar-refractivity contribution in [1.29, 1.82) is 0 Å². The summed E-state index contributed by atoms with van der Waals surface area (Å²) in [6.45, 7) is 11.6. The molecule has 0 amide bonds. The minimum Gasteiger partial charge on any atom is -0.313 e. The number of nitrogens with one attached hydrogen (secondary N) is 1. The number of aryl methyl sites for hydroxylation is 2. The number of nitrogens with zero attached hydrogens (tertiary/aromatic N) is 2. The molecule has 2 unspecified atom stereocenters. The van der Waals surface area contributed by atoms with Gasteiger partial charge in [-0.3, -0.25) is 0 Å². The zero-order valence-corrected chi connectivity index (χ0v) is 12.3. The molecule has 1 aromatic rings. The second-order valence-electron chi connectivity index (χ2n) is 4.58. The van der Waals surface area contributed by atoms with Gasteiger partial charge in [-0.1, -0.05) is 25.6 Å². The van der Waals surface area contributed by atoms with Gasteiger partial charge < -0.3 is 5.32 Å². The minimum atomic E-state index is 0.491. The van der Waals surface area contributed by atoms with Crippen LogP contribution in [0.25, 0.3) is 0 Å². The summed E-state index contributed by atoms with van der Waals surface area (Å²) in [5, 5.41) is 4.89. The molecule has 1 heterocycles. The number of thioether (sulfide) groups is 1. The van der Waals surface area contributed by atoms with E-state index in [1.165, 1.54) is 0 Å². The van der Waals surface area contributed by atoms with Gasteiger partial charge in [-0.25, -0.2) is 9.97 Å². The van der Waals surface area contributed by atoms with Gasteiger partial charge in [0.25, 0.3) is 0 Å². The molecule has 0 spiro atoms. The van der Waals surface area contributed by atoms with Crippen molar-refractivity contribution < 1.29 is 0 Å². The zero-order chi connectivity index (χ0) is 12.8. The number of hydrogen-bond donors (Lipinski definition) is 1. The fraction of sp³-hybridized carbons (Fsp3) is 0.692. The Morgan fingerprint density at radius 3 is 2.35 bits per heavy atom. The Labute approximate surface area is 109 Å². The standard InChI is InChI=1S/C13H23N3S/c1-6-9(2)14-8-12(5)17-13-15-10(3)7-11(4)16-13/h7,9,12,14H,6,8H2,1-5H3. The quantitative estimate of drug-likeness (QED) is 0.625. The molecule has 0 aromatic carbocycles. The van der Waals surface area contributed by atoms with Crippen molar-refractivity contribution in [2.75, 3.05) is 6.54 Å². The molecule has 3 nitrogen and oxygen atoms in total. The van der Waals surface area contributed by atoms with Gasteiger partial charge >= 0.3 is 0 Å². The van der Waals surface area contributed by atoms with Crippen LogP contribution in [0, 0.1) is 13.8 Å². The van der Waals surface area contributed by atoms with Crippen LogP contribution < -0.4 is 5.32 Å². The van der Waals surface area contributed by atoms with Gasteiger partial charge in [-0.2, -0.15) is 0 Å². The van der Waals surface area contributed by atoms with Gasteiger partial charge in [-0.05, 0) is 33.3 Å². The van der Waals surface area contributed by atoms with E-state index in [9.17, 15) is 0 Å². The number of rotatable bonds is 6. The lowest BCUT2D eigenvalue weighted by molar-refractivity contribution is 0.536. The van der Waals surface area contributed by atoms with Crippen LogP contribution in [-0.2, 0) is 0 Å². The molecular formula is C13H23N3S. The van der Waals surface area contributed by atoms with E-state index in [0.717, 1.165) is 29.5 Å². The Bertz CT molecular complexity index is 334. The molecule has 0 saturated carbocycles. The monoisotopic (exact) mass is 253 g/mol. The van der Waals surface area contributed by atoms with Crippen LogP contribution in [0.5, 0.6) is 0 Å². The molecule has 0 saturated heterocycles. The van der Waals surface area contributed by atoms with Crippen molar-refractivity contribution in [2.45, 2.75) is 57.5 Å². The van der Waals surface area contributed by atoms with Crippen LogP contribution in [0.2, 0.25) is 0 Å². The van der Waals surface area contributed by atoms with Crippen LogP contribution >= 0.6 is 11.8 Å². The highest BCUT2D eigenvalue weighted by atomic mass is 32.2.